The molecule has 0 unspecified atom stereocenters. The summed E-state index contributed by atoms with van der Waals surface area (Å²) in [6.07, 6.45) is 0.496. The number of Topliss-reactive ketones (excluding diaryl/α,β-unsaturated/α-hetero) is 1. The number of carbonyl (C=O) groups excluding carboxylic acids is 3. The number of nitrogens with one attached hydrogen (secondary N) is 1. The average molecular weight is 528 g/mol. The third-order valence-electron chi connectivity index (χ3n) is 7.67. The van der Waals surface area contributed by atoms with Crippen molar-refractivity contribution in [3.8, 4) is 5.75 Å². The van der Waals surface area contributed by atoms with Gasteiger partial charge < -0.3 is 19.5 Å². The minimum absolute atomic E-state index is 0.245. The topological polar surface area (TPSA) is 90.9 Å². The number of carbonyl (C=O) groups is 3. The summed E-state index contributed by atoms with van der Waals surface area (Å²) in [6, 6.07) is 17.5. The molecule has 2 atom stereocenters. The molecular weight excluding hydrogens is 494 g/mol. The Balaban J connectivity index is 1.78. The summed E-state index contributed by atoms with van der Waals surface area (Å²) in [5, 5.41) is 5.58. The summed E-state index contributed by atoms with van der Waals surface area (Å²) in [5.41, 5.74) is 3.66. The van der Waals surface area contributed by atoms with Crippen LogP contribution in [-0.4, -0.2) is 38.0 Å². The Kier molecular flexibility index (Phi) is 6.93. The van der Waals surface area contributed by atoms with Crippen LogP contribution in [0.25, 0.3) is 10.8 Å². The lowest BCUT2D eigenvalue weighted by atomic mass is 9.62. The molecule has 1 N–H and O–H groups in total. The van der Waals surface area contributed by atoms with Crippen LogP contribution in [0.15, 0.2) is 65.9 Å². The van der Waals surface area contributed by atoms with E-state index < -0.39 is 29.2 Å². The predicted octanol–water partition coefficient (Wildman–Crippen LogP) is 6.01. The SMILES string of the molecule is CCOC(=O)c1ccc([C@H]2C3=C(CC(C)(C)[C@@H](C(=O)OC)C3=O)Nc3ccc4ccccc4c32)cc1OCC. The number of fused-ring (bicyclic) bond motifs is 3. The first kappa shape index (κ1) is 26.5. The monoisotopic (exact) mass is 527 g/mol. The maximum absolute atomic E-state index is 14.3. The molecule has 0 bridgehead atoms. The highest BCUT2D eigenvalue weighted by Gasteiger charge is 2.51. The molecule has 0 aromatic heterocycles. The number of benzene rings is 3. The molecule has 202 valence electrons. The predicted molar refractivity (Wildman–Crippen MR) is 149 cm³/mol. The average Bonchev–Trinajstić information content (AvgIpc) is 2.91. The molecule has 3 aromatic carbocycles. The number of esters is 2. The lowest BCUT2D eigenvalue weighted by Crippen LogP contribution is -2.45. The van der Waals surface area contributed by atoms with Gasteiger partial charge in [-0.1, -0.05) is 50.2 Å². The summed E-state index contributed by atoms with van der Waals surface area (Å²) in [5.74, 6) is -2.29. The fraction of sp³-hybridized carbons (Fsp3) is 0.344. The van der Waals surface area contributed by atoms with Gasteiger partial charge in [0.1, 0.15) is 17.2 Å². The molecule has 0 saturated heterocycles. The van der Waals surface area contributed by atoms with Gasteiger partial charge in [-0.15, -0.1) is 0 Å². The zero-order valence-electron chi connectivity index (χ0n) is 22.9. The van der Waals surface area contributed by atoms with Gasteiger partial charge in [0.2, 0.25) is 0 Å². The molecule has 7 nitrogen and oxygen atoms in total. The van der Waals surface area contributed by atoms with Crippen molar-refractivity contribution >= 4 is 34.2 Å². The second-order valence-corrected chi connectivity index (χ2v) is 10.6. The minimum atomic E-state index is -0.938. The van der Waals surface area contributed by atoms with Crippen LogP contribution in [-0.2, 0) is 19.1 Å². The van der Waals surface area contributed by atoms with Crippen molar-refractivity contribution in [2.24, 2.45) is 11.3 Å². The number of rotatable bonds is 6. The first-order chi connectivity index (χ1) is 18.7. The van der Waals surface area contributed by atoms with Crippen molar-refractivity contribution in [3.63, 3.8) is 0 Å². The molecule has 0 fully saturated rings. The Morgan fingerprint density at radius 3 is 2.51 bits per heavy atom. The third-order valence-corrected chi connectivity index (χ3v) is 7.67. The highest BCUT2D eigenvalue weighted by Crippen LogP contribution is 2.53. The van der Waals surface area contributed by atoms with Gasteiger partial charge in [0.15, 0.2) is 5.78 Å². The van der Waals surface area contributed by atoms with Gasteiger partial charge in [0.05, 0.1) is 20.3 Å². The van der Waals surface area contributed by atoms with E-state index in [0.29, 0.717) is 29.9 Å². The van der Waals surface area contributed by atoms with Crippen molar-refractivity contribution in [2.75, 3.05) is 25.6 Å². The molecule has 5 rings (SSSR count). The van der Waals surface area contributed by atoms with E-state index in [2.05, 4.69) is 11.4 Å². The van der Waals surface area contributed by atoms with E-state index in [1.165, 1.54) is 7.11 Å². The van der Waals surface area contributed by atoms with Crippen LogP contribution in [0.5, 0.6) is 5.75 Å². The largest absolute Gasteiger partial charge is 0.493 e. The highest BCUT2D eigenvalue weighted by atomic mass is 16.5. The summed E-state index contributed by atoms with van der Waals surface area (Å²) >= 11 is 0. The first-order valence-corrected chi connectivity index (χ1v) is 13.3. The number of ketones is 1. The van der Waals surface area contributed by atoms with Gasteiger partial charge in [-0.05, 0) is 65.8 Å². The molecular formula is C32H33NO6. The standard InChI is InChI=1S/C32H33NO6/c1-6-38-24-16-19(12-14-21(24)30(35)39-7-2)25-26-20-11-9-8-10-18(20)13-15-22(26)33-23-17-32(3,4)28(31(36)37-5)29(34)27(23)25/h8-16,25,28,33H,6-7,17H2,1-5H3/t25-,28-/m1/s1. The molecule has 0 spiro atoms. The van der Waals surface area contributed by atoms with Crippen molar-refractivity contribution in [1.82, 2.24) is 0 Å². The van der Waals surface area contributed by atoms with E-state index in [1.54, 1.807) is 13.0 Å². The van der Waals surface area contributed by atoms with Gasteiger partial charge in [0, 0.05) is 22.9 Å². The number of hydrogen-bond acceptors (Lipinski definition) is 7. The lowest BCUT2D eigenvalue weighted by molar-refractivity contribution is -0.154. The number of ether oxygens (including phenoxy) is 3. The molecule has 0 amide bonds. The van der Waals surface area contributed by atoms with Crippen molar-refractivity contribution < 1.29 is 28.6 Å². The van der Waals surface area contributed by atoms with E-state index in [1.807, 2.05) is 63.2 Å². The van der Waals surface area contributed by atoms with Crippen LogP contribution >= 0.6 is 0 Å². The number of hydrogen-bond donors (Lipinski definition) is 1. The van der Waals surface area contributed by atoms with E-state index in [9.17, 15) is 14.4 Å². The maximum atomic E-state index is 14.3. The number of allylic oxidation sites excluding steroid dienone is 2. The van der Waals surface area contributed by atoms with Crippen molar-refractivity contribution in [3.05, 3.63) is 82.6 Å². The van der Waals surface area contributed by atoms with Crippen LogP contribution in [0.1, 0.15) is 61.5 Å². The molecule has 3 aromatic rings. The summed E-state index contributed by atoms with van der Waals surface area (Å²) < 4.78 is 16.2. The van der Waals surface area contributed by atoms with Gasteiger partial charge >= 0.3 is 11.9 Å². The number of anilines is 1. The summed E-state index contributed by atoms with van der Waals surface area (Å²) in [4.78, 5) is 39.9. The van der Waals surface area contributed by atoms with Gasteiger partial charge in [-0.25, -0.2) is 4.79 Å². The second-order valence-electron chi connectivity index (χ2n) is 10.6. The van der Waals surface area contributed by atoms with Crippen LogP contribution in [0.4, 0.5) is 5.69 Å². The molecule has 1 heterocycles. The molecule has 0 radical (unpaired) electrons. The Bertz CT molecular complexity index is 1520. The number of methoxy groups -OCH3 is 1. The quantitative estimate of drug-likeness (QED) is 0.310. The van der Waals surface area contributed by atoms with E-state index in [-0.39, 0.29) is 12.4 Å². The Morgan fingerprint density at radius 1 is 1.03 bits per heavy atom. The molecule has 39 heavy (non-hydrogen) atoms. The zero-order chi connectivity index (χ0) is 27.9. The van der Waals surface area contributed by atoms with Crippen molar-refractivity contribution in [1.29, 1.82) is 0 Å². The lowest BCUT2D eigenvalue weighted by Gasteiger charge is -2.43. The smallest absolute Gasteiger partial charge is 0.341 e. The Labute approximate surface area is 228 Å². The van der Waals surface area contributed by atoms with E-state index >= 15 is 0 Å². The van der Waals surface area contributed by atoms with Crippen molar-refractivity contribution in [2.45, 2.75) is 40.0 Å². The van der Waals surface area contributed by atoms with Gasteiger partial charge in [-0.2, -0.15) is 0 Å². The van der Waals surface area contributed by atoms with Gasteiger partial charge in [0.25, 0.3) is 0 Å². The molecule has 1 aliphatic heterocycles. The molecule has 0 saturated carbocycles. The summed E-state index contributed by atoms with van der Waals surface area (Å²) in [6.45, 7) is 8.05. The van der Waals surface area contributed by atoms with Crippen LogP contribution in [0.2, 0.25) is 0 Å². The van der Waals surface area contributed by atoms with E-state index in [4.69, 9.17) is 14.2 Å². The summed E-state index contributed by atoms with van der Waals surface area (Å²) in [7, 11) is 1.32. The third kappa shape index (κ3) is 4.46. The van der Waals surface area contributed by atoms with Crippen LogP contribution < -0.4 is 10.1 Å². The zero-order valence-corrected chi connectivity index (χ0v) is 22.9. The fourth-order valence-electron chi connectivity index (χ4n) is 6.01. The first-order valence-electron chi connectivity index (χ1n) is 13.3. The Morgan fingerprint density at radius 2 is 1.79 bits per heavy atom. The van der Waals surface area contributed by atoms with Gasteiger partial charge in [-0.3, -0.25) is 9.59 Å². The van der Waals surface area contributed by atoms with Crippen LogP contribution in [0.3, 0.4) is 0 Å². The normalized spacial score (nSPS) is 19.6. The highest BCUT2D eigenvalue weighted by molar-refractivity contribution is 6.13. The molecule has 1 aliphatic carbocycles. The fourth-order valence-corrected chi connectivity index (χ4v) is 6.01. The maximum Gasteiger partial charge on any atom is 0.341 e. The second kappa shape index (κ2) is 10.2. The Hall–Kier alpha value is -4.13. The molecule has 2 aliphatic rings. The minimum Gasteiger partial charge on any atom is -0.493 e. The van der Waals surface area contributed by atoms with Crippen LogP contribution in [0, 0.1) is 11.3 Å². The van der Waals surface area contributed by atoms with E-state index in [0.717, 1.165) is 33.3 Å². The molecule has 7 heteroatoms.